The number of hydrogen-bond acceptors (Lipinski definition) is 5. The molecule has 0 aliphatic carbocycles. The van der Waals surface area contributed by atoms with Crippen LogP contribution in [0.1, 0.15) is 28.4 Å². The maximum absolute atomic E-state index is 12.3. The fraction of sp³-hybridized carbons (Fsp3) is 0.0800. The van der Waals surface area contributed by atoms with Gasteiger partial charge in [0, 0.05) is 11.1 Å². The zero-order valence-corrected chi connectivity index (χ0v) is 17.6. The van der Waals surface area contributed by atoms with Crippen LogP contribution in [0.15, 0.2) is 95.6 Å². The molecule has 4 rings (SSSR count). The normalized spacial score (nSPS) is 11.6. The number of tetrazole rings is 1. The molecule has 32 heavy (non-hydrogen) atoms. The molecule has 158 valence electrons. The summed E-state index contributed by atoms with van der Waals surface area (Å²) in [6.07, 6.45) is 3.62. The Balaban J connectivity index is 1.33. The van der Waals surface area contributed by atoms with Gasteiger partial charge in [0.2, 0.25) is 5.82 Å². The Kier molecular flexibility index (Phi) is 6.57. The molecule has 0 atom stereocenters. The van der Waals surface area contributed by atoms with Crippen LogP contribution in [-0.4, -0.2) is 32.3 Å². The zero-order valence-electron chi connectivity index (χ0n) is 17.6. The molecule has 7 heteroatoms. The minimum absolute atomic E-state index is 0.273. The molecule has 1 heterocycles. The number of benzene rings is 3. The molecule has 0 spiro atoms. The van der Waals surface area contributed by atoms with Crippen LogP contribution >= 0.6 is 0 Å². The van der Waals surface area contributed by atoms with Gasteiger partial charge in [-0.1, -0.05) is 78.9 Å². The van der Waals surface area contributed by atoms with E-state index in [0.717, 1.165) is 22.3 Å². The predicted molar refractivity (Wildman–Crippen MR) is 125 cm³/mol. The second-order valence-electron chi connectivity index (χ2n) is 7.20. The Morgan fingerprint density at radius 1 is 0.969 bits per heavy atom. The number of hydrogen-bond donors (Lipinski definition) is 1. The van der Waals surface area contributed by atoms with Gasteiger partial charge in [-0.2, -0.15) is 9.90 Å². The summed E-state index contributed by atoms with van der Waals surface area (Å²) in [7, 11) is 0. The quantitative estimate of drug-likeness (QED) is 0.357. The van der Waals surface area contributed by atoms with Gasteiger partial charge < -0.3 is 0 Å². The van der Waals surface area contributed by atoms with Crippen molar-refractivity contribution in [2.24, 2.45) is 5.10 Å². The lowest BCUT2D eigenvalue weighted by molar-refractivity contribution is 0.0955. The fourth-order valence-electron chi connectivity index (χ4n) is 3.04. The van der Waals surface area contributed by atoms with Gasteiger partial charge >= 0.3 is 0 Å². The van der Waals surface area contributed by atoms with Gasteiger partial charge in [-0.05, 0) is 41.0 Å². The van der Waals surface area contributed by atoms with Crippen LogP contribution in [0.2, 0.25) is 0 Å². The van der Waals surface area contributed by atoms with Crippen molar-refractivity contribution in [2.45, 2.75) is 13.5 Å². The summed E-state index contributed by atoms with van der Waals surface area (Å²) in [5, 5.41) is 16.7. The molecule has 7 nitrogen and oxygen atoms in total. The van der Waals surface area contributed by atoms with Crippen molar-refractivity contribution in [1.82, 2.24) is 25.6 Å². The number of rotatable bonds is 7. The van der Waals surface area contributed by atoms with E-state index >= 15 is 0 Å². The Morgan fingerprint density at radius 2 is 1.66 bits per heavy atom. The van der Waals surface area contributed by atoms with Crippen molar-refractivity contribution < 1.29 is 4.79 Å². The first-order valence-corrected chi connectivity index (χ1v) is 10.2. The monoisotopic (exact) mass is 422 g/mol. The Labute approximate surface area is 186 Å². The van der Waals surface area contributed by atoms with E-state index in [0.29, 0.717) is 17.9 Å². The number of hydrazone groups is 1. The summed E-state index contributed by atoms with van der Waals surface area (Å²) in [4.78, 5) is 13.9. The third kappa shape index (κ3) is 5.60. The number of allylic oxidation sites excluding steroid dienone is 1. The maximum atomic E-state index is 12.3. The van der Waals surface area contributed by atoms with E-state index in [9.17, 15) is 4.79 Å². The SMILES string of the molecule is CC(/C=N/NC(=O)c1ccc(Cn2nnc(-c3ccccc3)n2)cc1)=C\c1ccccc1. The summed E-state index contributed by atoms with van der Waals surface area (Å²) in [5.74, 6) is 0.307. The van der Waals surface area contributed by atoms with E-state index in [-0.39, 0.29) is 5.91 Å². The third-order valence-electron chi connectivity index (χ3n) is 4.65. The van der Waals surface area contributed by atoms with Gasteiger partial charge in [-0.3, -0.25) is 4.79 Å². The standard InChI is InChI=1S/C25H22N6O/c1-19(16-20-8-4-2-5-9-20)17-26-28-25(32)23-14-12-21(13-15-23)18-31-29-24(27-30-31)22-10-6-3-7-11-22/h2-17H,18H2,1H3,(H,28,32)/b19-16+,26-17+. The highest BCUT2D eigenvalue weighted by atomic mass is 16.2. The average molecular weight is 422 g/mol. The van der Waals surface area contributed by atoms with E-state index in [2.05, 4.69) is 25.9 Å². The molecule has 0 radical (unpaired) electrons. The second-order valence-corrected chi connectivity index (χ2v) is 7.20. The Morgan fingerprint density at radius 3 is 2.38 bits per heavy atom. The lowest BCUT2D eigenvalue weighted by Crippen LogP contribution is -2.17. The van der Waals surface area contributed by atoms with Crippen molar-refractivity contribution in [3.05, 3.63) is 107 Å². The smallest absolute Gasteiger partial charge is 0.267 e. The van der Waals surface area contributed by atoms with Crippen LogP contribution in [-0.2, 0) is 6.54 Å². The molecule has 0 saturated heterocycles. The number of nitrogens with zero attached hydrogens (tertiary/aromatic N) is 5. The average Bonchev–Trinajstić information content (AvgIpc) is 3.29. The summed E-state index contributed by atoms with van der Waals surface area (Å²) in [6.45, 7) is 2.39. The predicted octanol–water partition coefficient (Wildman–Crippen LogP) is 4.21. The number of amides is 1. The highest BCUT2D eigenvalue weighted by Gasteiger charge is 2.07. The first kappa shape index (κ1) is 20.9. The van der Waals surface area contributed by atoms with Crippen molar-refractivity contribution in [3.8, 4) is 11.4 Å². The van der Waals surface area contributed by atoms with Gasteiger partial charge in [0.05, 0.1) is 12.8 Å². The van der Waals surface area contributed by atoms with E-state index < -0.39 is 0 Å². The van der Waals surface area contributed by atoms with Crippen LogP contribution in [0.4, 0.5) is 0 Å². The molecule has 1 N–H and O–H groups in total. The minimum atomic E-state index is -0.273. The molecule has 0 saturated carbocycles. The number of carbonyl (C=O) groups excluding carboxylic acids is 1. The van der Waals surface area contributed by atoms with Gasteiger partial charge in [0.1, 0.15) is 0 Å². The summed E-state index contributed by atoms with van der Waals surface area (Å²) >= 11 is 0. The highest BCUT2D eigenvalue weighted by molar-refractivity contribution is 5.95. The summed E-state index contributed by atoms with van der Waals surface area (Å²) < 4.78 is 0. The fourth-order valence-corrected chi connectivity index (χ4v) is 3.04. The Bertz CT molecular complexity index is 1230. The molecule has 0 aliphatic heterocycles. The number of nitrogens with one attached hydrogen (secondary N) is 1. The molecule has 4 aromatic rings. The third-order valence-corrected chi connectivity index (χ3v) is 4.65. The lowest BCUT2D eigenvalue weighted by Gasteiger charge is -2.03. The van der Waals surface area contributed by atoms with Crippen molar-refractivity contribution in [2.75, 3.05) is 0 Å². The van der Waals surface area contributed by atoms with Gasteiger partial charge in [-0.15, -0.1) is 10.2 Å². The van der Waals surface area contributed by atoms with Crippen molar-refractivity contribution in [1.29, 1.82) is 0 Å². The topological polar surface area (TPSA) is 85.1 Å². The molecule has 0 fully saturated rings. The van der Waals surface area contributed by atoms with Crippen LogP contribution in [0.25, 0.3) is 17.5 Å². The molecule has 0 aliphatic rings. The summed E-state index contributed by atoms with van der Waals surface area (Å²) in [5.41, 5.74) is 6.97. The van der Waals surface area contributed by atoms with Crippen molar-refractivity contribution in [3.63, 3.8) is 0 Å². The van der Waals surface area contributed by atoms with Crippen LogP contribution in [0.5, 0.6) is 0 Å². The Hall–Kier alpha value is -4.39. The largest absolute Gasteiger partial charge is 0.271 e. The van der Waals surface area contributed by atoms with Crippen molar-refractivity contribution >= 4 is 18.2 Å². The first-order valence-electron chi connectivity index (χ1n) is 10.2. The van der Waals surface area contributed by atoms with E-state index in [1.165, 1.54) is 4.80 Å². The van der Waals surface area contributed by atoms with E-state index in [1.54, 1.807) is 18.3 Å². The molecule has 1 amide bonds. The van der Waals surface area contributed by atoms with E-state index in [4.69, 9.17) is 0 Å². The molecule has 1 aromatic heterocycles. The van der Waals surface area contributed by atoms with Crippen LogP contribution < -0.4 is 5.43 Å². The van der Waals surface area contributed by atoms with Gasteiger partial charge in [0.25, 0.3) is 5.91 Å². The highest BCUT2D eigenvalue weighted by Crippen LogP contribution is 2.13. The first-order chi connectivity index (χ1) is 15.7. The molecule has 0 bridgehead atoms. The van der Waals surface area contributed by atoms with Gasteiger partial charge in [0.15, 0.2) is 0 Å². The lowest BCUT2D eigenvalue weighted by atomic mass is 10.1. The number of aromatic nitrogens is 4. The molecule has 3 aromatic carbocycles. The second kappa shape index (κ2) is 10.1. The molecule has 0 unspecified atom stereocenters. The molecular weight excluding hydrogens is 400 g/mol. The van der Waals surface area contributed by atoms with E-state index in [1.807, 2.05) is 85.8 Å². The minimum Gasteiger partial charge on any atom is -0.267 e. The van der Waals surface area contributed by atoms with Gasteiger partial charge in [-0.25, -0.2) is 5.43 Å². The van der Waals surface area contributed by atoms with Crippen LogP contribution in [0.3, 0.4) is 0 Å². The summed E-state index contributed by atoms with van der Waals surface area (Å²) in [6, 6.07) is 26.9. The zero-order chi connectivity index (χ0) is 22.2. The maximum Gasteiger partial charge on any atom is 0.271 e. The molecular formula is C25H22N6O. The number of carbonyl (C=O) groups is 1. The van der Waals surface area contributed by atoms with Crippen LogP contribution in [0, 0.1) is 0 Å².